The Bertz CT molecular complexity index is 704. The van der Waals surface area contributed by atoms with Crippen molar-refractivity contribution in [2.24, 2.45) is 5.73 Å². The maximum atomic E-state index is 11.6. The Labute approximate surface area is 132 Å². The van der Waals surface area contributed by atoms with Gasteiger partial charge < -0.3 is 15.8 Å². The van der Waals surface area contributed by atoms with Gasteiger partial charge in [-0.2, -0.15) is 0 Å². The highest BCUT2D eigenvalue weighted by atomic mass is 79.9. The molecule has 6 heteroatoms. The average molecular weight is 398 g/mol. The van der Waals surface area contributed by atoms with Gasteiger partial charge in [-0.25, -0.2) is 0 Å². The third-order valence-electron chi connectivity index (χ3n) is 3.04. The number of anilines is 1. The number of halogens is 2. The molecular formula is C14H10Br2N2O2. The third kappa shape index (κ3) is 2.34. The highest BCUT2D eigenvalue weighted by Crippen LogP contribution is 2.40. The molecule has 1 atom stereocenters. The summed E-state index contributed by atoms with van der Waals surface area (Å²) in [5, 5.41) is 2.74. The number of rotatable bonds is 2. The molecule has 0 bridgehead atoms. The molecule has 1 heterocycles. The largest absolute Gasteiger partial charge is 0.455 e. The normalized spacial score (nSPS) is 16.8. The van der Waals surface area contributed by atoms with Crippen LogP contribution in [0.4, 0.5) is 5.69 Å². The Morgan fingerprint density at radius 1 is 1.10 bits per heavy atom. The van der Waals surface area contributed by atoms with Crippen LogP contribution >= 0.6 is 31.9 Å². The minimum Gasteiger partial charge on any atom is -0.455 e. The molecule has 0 aliphatic carbocycles. The van der Waals surface area contributed by atoms with E-state index in [2.05, 4.69) is 37.2 Å². The molecular weight excluding hydrogens is 388 g/mol. The van der Waals surface area contributed by atoms with Gasteiger partial charge in [0.1, 0.15) is 17.5 Å². The Hall–Kier alpha value is -1.37. The monoisotopic (exact) mass is 396 g/mol. The average Bonchev–Trinajstić information content (AvgIpc) is 2.69. The van der Waals surface area contributed by atoms with Gasteiger partial charge in [-0.15, -0.1) is 0 Å². The Balaban J connectivity index is 1.99. The molecule has 1 amide bonds. The van der Waals surface area contributed by atoms with Crippen LogP contribution in [0.1, 0.15) is 11.6 Å². The molecule has 0 saturated carbocycles. The van der Waals surface area contributed by atoms with Gasteiger partial charge in [0.05, 0.1) is 8.95 Å². The second-order valence-corrected chi connectivity index (χ2v) is 6.08. The van der Waals surface area contributed by atoms with E-state index in [-0.39, 0.29) is 5.91 Å². The fourth-order valence-electron chi connectivity index (χ4n) is 2.01. The molecule has 2 aromatic rings. The second kappa shape index (κ2) is 5.20. The van der Waals surface area contributed by atoms with Gasteiger partial charge in [0, 0.05) is 17.3 Å². The van der Waals surface area contributed by atoms with Crippen molar-refractivity contribution < 1.29 is 9.53 Å². The van der Waals surface area contributed by atoms with Crippen LogP contribution in [0.2, 0.25) is 0 Å². The van der Waals surface area contributed by atoms with Crippen LogP contribution in [-0.2, 0) is 4.79 Å². The van der Waals surface area contributed by atoms with Crippen molar-refractivity contribution in [2.45, 2.75) is 6.04 Å². The molecule has 0 saturated heterocycles. The van der Waals surface area contributed by atoms with E-state index in [0.717, 1.165) is 14.5 Å². The van der Waals surface area contributed by atoms with Gasteiger partial charge >= 0.3 is 0 Å². The maximum absolute atomic E-state index is 11.6. The van der Waals surface area contributed by atoms with Crippen molar-refractivity contribution >= 4 is 43.5 Å². The van der Waals surface area contributed by atoms with E-state index in [1.54, 1.807) is 6.07 Å². The zero-order valence-corrected chi connectivity index (χ0v) is 13.4. The summed E-state index contributed by atoms with van der Waals surface area (Å²) in [6.45, 7) is 0. The molecule has 3 N–H and O–H groups in total. The molecule has 1 aliphatic heterocycles. The summed E-state index contributed by atoms with van der Waals surface area (Å²) in [5.41, 5.74) is 7.26. The number of para-hydroxylation sites is 1. The molecule has 102 valence electrons. The van der Waals surface area contributed by atoms with Crippen molar-refractivity contribution in [1.82, 2.24) is 0 Å². The van der Waals surface area contributed by atoms with Gasteiger partial charge in [-0.05, 0) is 50.1 Å². The first-order chi connectivity index (χ1) is 9.56. The molecule has 0 radical (unpaired) electrons. The van der Waals surface area contributed by atoms with E-state index in [9.17, 15) is 4.79 Å². The lowest BCUT2D eigenvalue weighted by Gasteiger charge is -2.11. The molecule has 4 nitrogen and oxygen atoms in total. The standard InChI is InChI=1S/C14H10Br2N2O2/c15-8-3-1-2-4-11(8)20-12-6-10-7(5-9(12)16)13(17)14(19)18-10/h1-6,13H,17H2,(H,18,19). The van der Waals surface area contributed by atoms with Crippen LogP contribution in [0.5, 0.6) is 11.5 Å². The zero-order chi connectivity index (χ0) is 14.3. The molecule has 2 aromatic carbocycles. The lowest BCUT2D eigenvalue weighted by atomic mass is 10.1. The van der Waals surface area contributed by atoms with Crippen molar-refractivity contribution in [2.75, 3.05) is 5.32 Å². The first-order valence-electron chi connectivity index (χ1n) is 5.88. The van der Waals surface area contributed by atoms with Gasteiger partial charge in [-0.3, -0.25) is 4.79 Å². The highest BCUT2D eigenvalue weighted by Gasteiger charge is 2.28. The van der Waals surface area contributed by atoms with E-state index in [4.69, 9.17) is 10.5 Å². The van der Waals surface area contributed by atoms with Crippen LogP contribution in [0.3, 0.4) is 0 Å². The topological polar surface area (TPSA) is 64.4 Å². The number of nitrogens with one attached hydrogen (secondary N) is 1. The number of hydrogen-bond donors (Lipinski definition) is 2. The number of carbonyl (C=O) groups excluding carboxylic acids is 1. The predicted octanol–water partition coefficient (Wildman–Crippen LogP) is 3.96. The number of nitrogens with two attached hydrogens (primary N) is 1. The number of benzene rings is 2. The Kier molecular flexibility index (Phi) is 3.54. The van der Waals surface area contributed by atoms with Crippen LogP contribution in [0, 0.1) is 0 Å². The fraction of sp³-hybridized carbons (Fsp3) is 0.0714. The van der Waals surface area contributed by atoms with Gasteiger partial charge in [0.15, 0.2) is 0 Å². The zero-order valence-electron chi connectivity index (χ0n) is 10.2. The van der Waals surface area contributed by atoms with Gasteiger partial charge in [-0.1, -0.05) is 12.1 Å². The number of ether oxygens (including phenoxy) is 1. The molecule has 1 unspecified atom stereocenters. The lowest BCUT2D eigenvalue weighted by Crippen LogP contribution is -2.19. The van der Waals surface area contributed by atoms with Crippen LogP contribution in [0.25, 0.3) is 0 Å². The highest BCUT2D eigenvalue weighted by molar-refractivity contribution is 9.11. The van der Waals surface area contributed by atoms with Crippen molar-refractivity contribution in [1.29, 1.82) is 0 Å². The summed E-state index contributed by atoms with van der Waals surface area (Å²) in [5.74, 6) is 1.11. The second-order valence-electron chi connectivity index (χ2n) is 4.37. The van der Waals surface area contributed by atoms with Crippen molar-refractivity contribution in [3.63, 3.8) is 0 Å². The number of hydrogen-bond acceptors (Lipinski definition) is 3. The summed E-state index contributed by atoms with van der Waals surface area (Å²) in [4.78, 5) is 11.6. The fourth-order valence-corrected chi connectivity index (χ4v) is 2.82. The Morgan fingerprint density at radius 2 is 1.85 bits per heavy atom. The summed E-state index contributed by atoms with van der Waals surface area (Å²) < 4.78 is 7.45. The molecule has 0 aromatic heterocycles. The lowest BCUT2D eigenvalue weighted by molar-refractivity contribution is -0.116. The third-order valence-corrected chi connectivity index (χ3v) is 4.31. The van der Waals surface area contributed by atoms with Crippen LogP contribution in [-0.4, -0.2) is 5.91 Å². The van der Waals surface area contributed by atoms with E-state index in [0.29, 0.717) is 17.2 Å². The molecule has 0 fully saturated rings. The number of amides is 1. The van der Waals surface area contributed by atoms with E-state index in [1.165, 1.54) is 0 Å². The summed E-state index contributed by atoms with van der Waals surface area (Å²) in [6, 6.07) is 10.5. The predicted molar refractivity (Wildman–Crippen MR) is 83.9 cm³/mol. The van der Waals surface area contributed by atoms with Crippen LogP contribution < -0.4 is 15.8 Å². The Morgan fingerprint density at radius 3 is 2.60 bits per heavy atom. The summed E-state index contributed by atoms with van der Waals surface area (Å²) >= 11 is 6.87. The van der Waals surface area contributed by atoms with Crippen molar-refractivity contribution in [3.8, 4) is 11.5 Å². The minimum atomic E-state index is -0.626. The number of carbonyl (C=O) groups is 1. The molecule has 3 rings (SSSR count). The van der Waals surface area contributed by atoms with Crippen molar-refractivity contribution in [3.05, 3.63) is 50.9 Å². The number of fused-ring (bicyclic) bond motifs is 1. The van der Waals surface area contributed by atoms with Gasteiger partial charge in [0.2, 0.25) is 5.91 Å². The quantitative estimate of drug-likeness (QED) is 0.806. The summed E-state index contributed by atoms with van der Waals surface area (Å²) in [7, 11) is 0. The minimum absolute atomic E-state index is 0.204. The smallest absolute Gasteiger partial charge is 0.245 e. The first kappa shape index (κ1) is 13.6. The molecule has 20 heavy (non-hydrogen) atoms. The molecule has 1 aliphatic rings. The van der Waals surface area contributed by atoms with Gasteiger partial charge in [0.25, 0.3) is 0 Å². The van der Waals surface area contributed by atoms with E-state index < -0.39 is 6.04 Å². The SMILES string of the molecule is NC1C(=O)Nc2cc(Oc3ccccc3Br)c(Br)cc21. The maximum Gasteiger partial charge on any atom is 0.245 e. The van der Waals surface area contributed by atoms with E-state index in [1.807, 2.05) is 30.3 Å². The molecule has 0 spiro atoms. The first-order valence-corrected chi connectivity index (χ1v) is 7.47. The van der Waals surface area contributed by atoms with E-state index >= 15 is 0 Å². The van der Waals surface area contributed by atoms with Crippen LogP contribution in [0.15, 0.2) is 45.3 Å². The summed E-state index contributed by atoms with van der Waals surface area (Å²) in [6.07, 6.45) is 0.